The molecule has 7 nitrogen and oxygen atoms in total. The number of rotatable bonds is 2. The van der Waals surface area contributed by atoms with Crippen molar-refractivity contribution in [1.82, 2.24) is 4.90 Å². The van der Waals surface area contributed by atoms with Crippen molar-refractivity contribution in [3.05, 3.63) is 24.3 Å². The standard InChI is InChI=1S/C20H29N3O4/c1-15-13-23(14-16(2)27-15)18-5-3-17(4-6-18)21-19(24)22-9-7-20(8-10-22)25-11-12-26-20/h3-6,15-16H,7-14H2,1-2H3,(H,21,24). The van der Waals surface area contributed by atoms with Crippen LogP contribution >= 0.6 is 0 Å². The van der Waals surface area contributed by atoms with Gasteiger partial charge in [-0.3, -0.25) is 0 Å². The number of amides is 2. The first kappa shape index (κ1) is 18.5. The van der Waals surface area contributed by atoms with Crippen molar-refractivity contribution in [2.45, 2.75) is 44.7 Å². The molecule has 1 spiro atoms. The number of benzene rings is 1. The fourth-order valence-corrected chi connectivity index (χ4v) is 4.18. The molecule has 3 saturated heterocycles. The van der Waals surface area contributed by atoms with Gasteiger partial charge in [-0.25, -0.2) is 4.79 Å². The van der Waals surface area contributed by atoms with E-state index in [1.165, 1.54) is 0 Å². The summed E-state index contributed by atoms with van der Waals surface area (Å²) in [6.45, 7) is 8.56. The Morgan fingerprint density at radius 1 is 1.04 bits per heavy atom. The van der Waals surface area contributed by atoms with Crippen molar-refractivity contribution in [3.63, 3.8) is 0 Å². The highest BCUT2D eigenvalue weighted by molar-refractivity contribution is 5.89. The van der Waals surface area contributed by atoms with Crippen LogP contribution < -0.4 is 10.2 Å². The normalized spacial score (nSPS) is 27.8. The van der Waals surface area contributed by atoms with Crippen LogP contribution in [0.1, 0.15) is 26.7 Å². The number of hydrogen-bond donors (Lipinski definition) is 1. The van der Waals surface area contributed by atoms with Crippen molar-refractivity contribution in [1.29, 1.82) is 0 Å². The number of hydrogen-bond acceptors (Lipinski definition) is 5. The van der Waals surface area contributed by atoms with Gasteiger partial charge in [0.05, 0.1) is 25.4 Å². The lowest BCUT2D eigenvalue weighted by Gasteiger charge is -2.37. The van der Waals surface area contributed by atoms with Crippen LogP contribution in [0.4, 0.5) is 16.2 Å². The first-order chi connectivity index (χ1) is 13.0. The van der Waals surface area contributed by atoms with E-state index in [1.807, 2.05) is 17.0 Å². The van der Waals surface area contributed by atoms with Gasteiger partial charge < -0.3 is 29.3 Å². The molecule has 7 heteroatoms. The number of urea groups is 1. The van der Waals surface area contributed by atoms with Crippen LogP contribution in [-0.2, 0) is 14.2 Å². The molecular weight excluding hydrogens is 346 g/mol. The maximum Gasteiger partial charge on any atom is 0.321 e. The lowest BCUT2D eigenvalue weighted by Crippen LogP contribution is -2.48. The molecule has 0 radical (unpaired) electrons. The quantitative estimate of drug-likeness (QED) is 0.861. The summed E-state index contributed by atoms with van der Waals surface area (Å²) in [4.78, 5) is 16.7. The molecule has 27 heavy (non-hydrogen) atoms. The van der Waals surface area contributed by atoms with Gasteiger partial charge in [-0.15, -0.1) is 0 Å². The molecule has 2 amide bonds. The van der Waals surface area contributed by atoms with Gasteiger partial charge in [-0.2, -0.15) is 0 Å². The highest BCUT2D eigenvalue weighted by Crippen LogP contribution is 2.31. The van der Waals surface area contributed by atoms with E-state index in [-0.39, 0.29) is 18.2 Å². The summed E-state index contributed by atoms with van der Waals surface area (Å²) in [5, 5.41) is 3.00. The minimum Gasteiger partial charge on any atom is -0.372 e. The Morgan fingerprint density at radius 2 is 1.63 bits per heavy atom. The second-order valence-electron chi connectivity index (χ2n) is 7.73. The van der Waals surface area contributed by atoms with E-state index in [0.29, 0.717) is 26.3 Å². The summed E-state index contributed by atoms with van der Waals surface area (Å²) in [7, 11) is 0. The monoisotopic (exact) mass is 375 g/mol. The van der Waals surface area contributed by atoms with E-state index in [4.69, 9.17) is 14.2 Å². The number of morpholine rings is 1. The van der Waals surface area contributed by atoms with E-state index in [1.54, 1.807) is 0 Å². The molecule has 3 fully saturated rings. The lowest BCUT2D eigenvalue weighted by molar-refractivity contribution is -0.181. The lowest BCUT2D eigenvalue weighted by atomic mass is 10.0. The highest BCUT2D eigenvalue weighted by atomic mass is 16.7. The Bertz CT molecular complexity index is 640. The van der Waals surface area contributed by atoms with Gasteiger partial charge in [0, 0.05) is 50.4 Å². The maximum atomic E-state index is 12.5. The average Bonchev–Trinajstić information content (AvgIpc) is 3.10. The Morgan fingerprint density at radius 3 is 2.22 bits per heavy atom. The van der Waals surface area contributed by atoms with Crippen molar-refractivity contribution in [2.24, 2.45) is 0 Å². The van der Waals surface area contributed by atoms with Gasteiger partial charge in [0.15, 0.2) is 5.79 Å². The first-order valence-corrected chi connectivity index (χ1v) is 9.87. The highest BCUT2D eigenvalue weighted by Gasteiger charge is 2.40. The maximum absolute atomic E-state index is 12.5. The third kappa shape index (κ3) is 4.20. The second-order valence-corrected chi connectivity index (χ2v) is 7.73. The summed E-state index contributed by atoms with van der Waals surface area (Å²) < 4.78 is 17.2. The molecular formula is C20H29N3O4. The summed E-state index contributed by atoms with van der Waals surface area (Å²) in [6, 6.07) is 7.99. The Balaban J connectivity index is 1.31. The molecule has 0 aliphatic carbocycles. The van der Waals surface area contributed by atoms with Crippen LogP contribution in [0.15, 0.2) is 24.3 Å². The summed E-state index contributed by atoms with van der Waals surface area (Å²) in [6.07, 6.45) is 1.91. The van der Waals surface area contributed by atoms with Crippen LogP contribution in [0, 0.1) is 0 Å². The fraction of sp³-hybridized carbons (Fsp3) is 0.650. The van der Waals surface area contributed by atoms with Crippen LogP contribution in [0.5, 0.6) is 0 Å². The zero-order chi connectivity index (χ0) is 18.9. The van der Waals surface area contributed by atoms with Gasteiger partial charge in [0.1, 0.15) is 0 Å². The minimum absolute atomic E-state index is 0.0655. The third-order valence-corrected chi connectivity index (χ3v) is 5.53. The van der Waals surface area contributed by atoms with Crippen LogP contribution in [0.3, 0.4) is 0 Å². The zero-order valence-corrected chi connectivity index (χ0v) is 16.1. The fourth-order valence-electron chi connectivity index (χ4n) is 4.18. The van der Waals surface area contributed by atoms with Crippen LogP contribution in [0.25, 0.3) is 0 Å². The third-order valence-electron chi connectivity index (χ3n) is 5.53. The minimum atomic E-state index is -0.454. The summed E-state index contributed by atoms with van der Waals surface area (Å²) >= 11 is 0. The van der Waals surface area contributed by atoms with E-state index >= 15 is 0 Å². The van der Waals surface area contributed by atoms with Gasteiger partial charge in [-0.05, 0) is 38.1 Å². The van der Waals surface area contributed by atoms with Crippen molar-refractivity contribution in [2.75, 3.05) is 49.6 Å². The van der Waals surface area contributed by atoms with Crippen LogP contribution in [-0.4, -0.2) is 68.3 Å². The van der Waals surface area contributed by atoms with E-state index in [2.05, 4.69) is 36.2 Å². The number of ether oxygens (including phenoxy) is 3. The van der Waals surface area contributed by atoms with E-state index < -0.39 is 5.79 Å². The molecule has 1 aromatic rings. The molecule has 4 rings (SSSR count). The zero-order valence-electron chi connectivity index (χ0n) is 16.1. The average molecular weight is 375 g/mol. The predicted molar refractivity (Wildman–Crippen MR) is 103 cm³/mol. The SMILES string of the molecule is CC1CN(c2ccc(NC(=O)N3CCC4(CC3)OCCO4)cc2)CC(C)O1. The number of carbonyl (C=O) groups excluding carboxylic acids is 1. The van der Waals surface area contributed by atoms with Gasteiger partial charge >= 0.3 is 6.03 Å². The molecule has 148 valence electrons. The number of nitrogens with zero attached hydrogens (tertiary/aromatic N) is 2. The van der Waals surface area contributed by atoms with Gasteiger partial charge in [0.25, 0.3) is 0 Å². The molecule has 3 aliphatic heterocycles. The van der Waals surface area contributed by atoms with Crippen molar-refractivity contribution < 1.29 is 19.0 Å². The van der Waals surface area contributed by atoms with Gasteiger partial charge in [-0.1, -0.05) is 0 Å². The van der Waals surface area contributed by atoms with Crippen LogP contribution in [0.2, 0.25) is 0 Å². The Hall–Kier alpha value is -1.83. The summed E-state index contributed by atoms with van der Waals surface area (Å²) in [5.74, 6) is -0.454. The van der Waals surface area contributed by atoms with Gasteiger partial charge in [0.2, 0.25) is 0 Å². The largest absolute Gasteiger partial charge is 0.372 e. The first-order valence-electron chi connectivity index (χ1n) is 9.87. The predicted octanol–water partition coefficient (Wildman–Crippen LogP) is 2.67. The summed E-state index contributed by atoms with van der Waals surface area (Å²) in [5.41, 5.74) is 1.97. The number of piperidine rings is 1. The number of nitrogens with one attached hydrogen (secondary N) is 1. The number of anilines is 2. The molecule has 3 heterocycles. The molecule has 0 aromatic heterocycles. The van der Waals surface area contributed by atoms with Crippen molar-refractivity contribution >= 4 is 17.4 Å². The molecule has 0 saturated carbocycles. The number of likely N-dealkylation sites (tertiary alicyclic amines) is 1. The number of carbonyl (C=O) groups is 1. The molecule has 2 atom stereocenters. The van der Waals surface area contributed by atoms with Crippen molar-refractivity contribution in [3.8, 4) is 0 Å². The van der Waals surface area contributed by atoms with E-state index in [9.17, 15) is 4.79 Å². The molecule has 1 N–H and O–H groups in total. The molecule has 1 aromatic carbocycles. The Labute approximate surface area is 160 Å². The molecule has 0 bridgehead atoms. The topological polar surface area (TPSA) is 63.3 Å². The smallest absolute Gasteiger partial charge is 0.321 e. The van der Waals surface area contributed by atoms with E-state index in [0.717, 1.165) is 37.3 Å². The molecule has 2 unspecified atom stereocenters. The second kappa shape index (κ2) is 7.66. The Kier molecular flexibility index (Phi) is 5.25. The molecule has 3 aliphatic rings.